The Labute approximate surface area is 108 Å². The number of carbonyl (C=O) groups excluding carboxylic acids is 1. The highest BCUT2D eigenvalue weighted by atomic mass is 16.5. The average Bonchev–Trinajstić information content (AvgIpc) is 2.70. The maximum absolute atomic E-state index is 11.8. The Hall–Kier alpha value is -1.16. The molecule has 1 aliphatic rings. The lowest BCUT2D eigenvalue weighted by Gasteiger charge is -2.34. The van der Waals surface area contributed by atoms with E-state index in [0.29, 0.717) is 24.2 Å². The van der Waals surface area contributed by atoms with Crippen molar-refractivity contribution >= 4 is 5.78 Å². The Kier molecular flexibility index (Phi) is 4.53. The summed E-state index contributed by atoms with van der Waals surface area (Å²) in [5.74, 6) is 0.932. The van der Waals surface area contributed by atoms with Gasteiger partial charge in [-0.2, -0.15) is 5.10 Å². The van der Waals surface area contributed by atoms with Crippen molar-refractivity contribution in [3.8, 4) is 0 Å². The van der Waals surface area contributed by atoms with Crippen LogP contribution in [0.4, 0.5) is 0 Å². The molecule has 4 heteroatoms. The summed E-state index contributed by atoms with van der Waals surface area (Å²) in [6, 6.07) is 0. The predicted octanol–water partition coefficient (Wildman–Crippen LogP) is 2.13. The molecule has 0 amide bonds. The topological polar surface area (TPSA) is 44.1 Å². The molecular formula is C14H22N2O2. The first-order valence-corrected chi connectivity index (χ1v) is 6.78. The number of rotatable bonds is 7. The van der Waals surface area contributed by atoms with Crippen LogP contribution >= 0.6 is 0 Å². The smallest absolute Gasteiger partial charge is 0.133 e. The minimum atomic E-state index is 0.374. The summed E-state index contributed by atoms with van der Waals surface area (Å²) < 4.78 is 7.28. The van der Waals surface area contributed by atoms with E-state index in [1.54, 1.807) is 4.68 Å². The molecule has 0 spiro atoms. The highest BCUT2D eigenvalue weighted by Crippen LogP contribution is 2.33. The summed E-state index contributed by atoms with van der Waals surface area (Å²) in [5, 5.41) is 4.10. The van der Waals surface area contributed by atoms with Crippen molar-refractivity contribution in [3.63, 3.8) is 0 Å². The molecule has 1 heterocycles. The van der Waals surface area contributed by atoms with Gasteiger partial charge in [0.25, 0.3) is 0 Å². The van der Waals surface area contributed by atoms with Crippen molar-refractivity contribution in [2.75, 3.05) is 6.61 Å². The third kappa shape index (κ3) is 3.67. The van der Waals surface area contributed by atoms with E-state index in [0.717, 1.165) is 37.9 Å². The lowest BCUT2D eigenvalue weighted by molar-refractivity contribution is -0.122. The molecule has 18 heavy (non-hydrogen) atoms. The van der Waals surface area contributed by atoms with Gasteiger partial charge in [-0.1, -0.05) is 0 Å². The van der Waals surface area contributed by atoms with E-state index in [1.807, 2.05) is 26.4 Å². The number of aromatic nitrogens is 2. The minimum absolute atomic E-state index is 0.374. The van der Waals surface area contributed by atoms with E-state index in [2.05, 4.69) is 5.10 Å². The zero-order valence-corrected chi connectivity index (χ0v) is 11.3. The Balaban J connectivity index is 1.62. The second kappa shape index (κ2) is 6.14. The number of Topliss-reactive ketones (excluding diaryl/α,β-unsaturated/α-hetero) is 1. The quantitative estimate of drug-likeness (QED) is 0.744. The van der Waals surface area contributed by atoms with E-state index in [1.165, 1.54) is 0 Å². The summed E-state index contributed by atoms with van der Waals surface area (Å²) in [6.45, 7) is 2.80. The highest BCUT2D eigenvalue weighted by molar-refractivity contribution is 5.79. The van der Waals surface area contributed by atoms with Gasteiger partial charge in [-0.3, -0.25) is 9.48 Å². The van der Waals surface area contributed by atoms with Gasteiger partial charge >= 0.3 is 0 Å². The van der Waals surface area contributed by atoms with Crippen LogP contribution in [0.15, 0.2) is 12.4 Å². The van der Waals surface area contributed by atoms with E-state index >= 15 is 0 Å². The fourth-order valence-electron chi connectivity index (χ4n) is 2.52. The zero-order valence-electron chi connectivity index (χ0n) is 11.3. The third-order valence-electron chi connectivity index (χ3n) is 3.56. The Morgan fingerprint density at radius 1 is 1.56 bits per heavy atom. The zero-order chi connectivity index (χ0) is 13.0. The number of ether oxygens (including phenoxy) is 1. The van der Waals surface area contributed by atoms with E-state index < -0.39 is 0 Å². The summed E-state index contributed by atoms with van der Waals surface area (Å²) >= 11 is 0. The Morgan fingerprint density at radius 3 is 2.94 bits per heavy atom. The van der Waals surface area contributed by atoms with Crippen LogP contribution in [0.25, 0.3) is 0 Å². The summed E-state index contributed by atoms with van der Waals surface area (Å²) in [4.78, 5) is 11.8. The number of ketones is 1. The first kappa shape index (κ1) is 13.3. The van der Waals surface area contributed by atoms with Crippen LogP contribution in [0, 0.1) is 5.92 Å². The molecule has 0 aliphatic heterocycles. The van der Waals surface area contributed by atoms with E-state index in [9.17, 15) is 4.79 Å². The largest absolute Gasteiger partial charge is 0.378 e. The number of nitrogens with zero attached hydrogens (tertiary/aromatic N) is 2. The molecule has 1 aromatic heterocycles. The molecule has 4 nitrogen and oxygen atoms in total. The Bertz CT molecular complexity index is 394. The van der Waals surface area contributed by atoms with Crippen LogP contribution in [0.3, 0.4) is 0 Å². The first-order valence-electron chi connectivity index (χ1n) is 6.78. The molecule has 1 fully saturated rings. The molecule has 0 saturated heterocycles. The molecule has 2 rings (SSSR count). The van der Waals surface area contributed by atoms with Gasteiger partial charge < -0.3 is 4.74 Å². The summed E-state index contributed by atoms with van der Waals surface area (Å²) in [6.07, 6.45) is 8.52. The lowest BCUT2D eigenvalue weighted by Crippen LogP contribution is -2.32. The second-order valence-electron chi connectivity index (χ2n) is 5.18. The second-order valence-corrected chi connectivity index (χ2v) is 5.18. The normalized spacial score (nSPS) is 22.8. The van der Waals surface area contributed by atoms with Gasteiger partial charge in [-0.25, -0.2) is 0 Å². The van der Waals surface area contributed by atoms with Crippen molar-refractivity contribution in [1.29, 1.82) is 0 Å². The van der Waals surface area contributed by atoms with Crippen molar-refractivity contribution < 1.29 is 9.53 Å². The molecule has 0 radical (unpaired) electrons. The Morgan fingerprint density at radius 2 is 2.33 bits per heavy atom. The average molecular weight is 250 g/mol. The SMILES string of the molecule is CCOC1CC(CC(=O)CCc2cnn(C)c2)C1. The maximum atomic E-state index is 11.8. The fraction of sp³-hybridized carbons (Fsp3) is 0.714. The van der Waals surface area contributed by atoms with Gasteiger partial charge in [0.05, 0.1) is 12.3 Å². The number of hydrogen-bond acceptors (Lipinski definition) is 3. The summed E-state index contributed by atoms with van der Waals surface area (Å²) in [7, 11) is 1.90. The van der Waals surface area contributed by atoms with Crippen LogP contribution in [0.5, 0.6) is 0 Å². The van der Waals surface area contributed by atoms with E-state index in [4.69, 9.17) is 4.74 Å². The van der Waals surface area contributed by atoms with Crippen molar-refractivity contribution in [1.82, 2.24) is 9.78 Å². The van der Waals surface area contributed by atoms with Crippen molar-refractivity contribution in [2.45, 2.75) is 45.1 Å². The van der Waals surface area contributed by atoms with Gasteiger partial charge in [0.15, 0.2) is 0 Å². The maximum Gasteiger partial charge on any atom is 0.133 e. The molecule has 0 unspecified atom stereocenters. The standard InChI is InChI=1S/C14H22N2O2/c1-3-18-14-7-12(8-14)6-13(17)5-4-11-9-15-16(2)10-11/h9-10,12,14H,3-8H2,1-2H3. The molecule has 0 aromatic carbocycles. The molecule has 0 N–H and O–H groups in total. The number of carbonyl (C=O) groups is 1. The van der Waals surface area contributed by atoms with Crippen LogP contribution in [-0.4, -0.2) is 28.3 Å². The van der Waals surface area contributed by atoms with Crippen molar-refractivity contribution in [3.05, 3.63) is 18.0 Å². The van der Waals surface area contributed by atoms with Crippen LogP contribution in [-0.2, 0) is 23.0 Å². The monoisotopic (exact) mass is 250 g/mol. The lowest BCUT2D eigenvalue weighted by atomic mass is 9.78. The van der Waals surface area contributed by atoms with Crippen molar-refractivity contribution in [2.24, 2.45) is 13.0 Å². The van der Waals surface area contributed by atoms with Gasteiger partial charge in [0, 0.05) is 32.7 Å². The number of hydrogen-bond donors (Lipinski definition) is 0. The molecule has 1 saturated carbocycles. The summed E-state index contributed by atoms with van der Waals surface area (Å²) in [5.41, 5.74) is 1.15. The van der Waals surface area contributed by atoms with Crippen LogP contribution in [0.1, 0.15) is 38.2 Å². The van der Waals surface area contributed by atoms with Gasteiger partial charge in [0.2, 0.25) is 0 Å². The molecule has 1 aromatic rings. The molecule has 1 aliphatic carbocycles. The molecule has 100 valence electrons. The van der Waals surface area contributed by atoms with Crippen LogP contribution < -0.4 is 0 Å². The fourth-order valence-corrected chi connectivity index (χ4v) is 2.52. The molecule has 0 atom stereocenters. The van der Waals surface area contributed by atoms with Gasteiger partial charge in [0.1, 0.15) is 5.78 Å². The first-order chi connectivity index (χ1) is 8.67. The van der Waals surface area contributed by atoms with Gasteiger partial charge in [-0.05, 0) is 37.7 Å². The predicted molar refractivity (Wildman–Crippen MR) is 69.3 cm³/mol. The third-order valence-corrected chi connectivity index (χ3v) is 3.56. The van der Waals surface area contributed by atoms with Crippen LogP contribution in [0.2, 0.25) is 0 Å². The van der Waals surface area contributed by atoms with Gasteiger partial charge in [-0.15, -0.1) is 0 Å². The molecule has 0 bridgehead atoms. The number of aryl methyl sites for hydroxylation is 2. The van der Waals surface area contributed by atoms with E-state index in [-0.39, 0.29) is 0 Å². The minimum Gasteiger partial charge on any atom is -0.378 e. The molecular weight excluding hydrogens is 228 g/mol. The highest BCUT2D eigenvalue weighted by Gasteiger charge is 2.30.